The lowest BCUT2D eigenvalue weighted by Gasteiger charge is -2.29. The van der Waals surface area contributed by atoms with E-state index in [2.05, 4.69) is 18.5 Å². The quantitative estimate of drug-likeness (QED) is 0.591. The van der Waals surface area contributed by atoms with Gasteiger partial charge < -0.3 is 10.2 Å². The monoisotopic (exact) mass is 274 g/mol. The fourth-order valence-electron chi connectivity index (χ4n) is 1.82. The van der Waals surface area contributed by atoms with Gasteiger partial charge in [-0.1, -0.05) is 12.2 Å². The summed E-state index contributed by atoms with van der Waals surface area (Å²) in [6, 6.07) is -0.0391. The molecule has 1 saturated heterocycles. The van der Waals surface area contributed by atoms with Crippen LogP contribution in [0.2, 0.25) is 0 Å². The normalized spacial score (nSPS) is 21.8. The summed E-state index contributed by atoms with van der Waals surface area (Å²) >= 11 is 5.24. The van der Waals surface area contributed by atoms with Gasteiger partial charge in [0, 0.05) is 19.1 Å². The van der Waals surface area contributed by atoms with Crippen molar-refractivity contribution in [1.29, 1.82) is 0 Å². The van der Waals surface area contributed by atoms with Gasteiger partial charge in [0.25, 0.3) is 0 Å². The molecule has 0 unspecified atom stereocenters. The zero-order chi connectivity index (χ0) is 12.9. The Hall–Kier alpha value is -0.880. The number of hydrogen-bond acceptors (Lipinski definition) is 3. The van der Waals surface area contributed by atoms with Gasteiger partial charge >= 0.3 is 0 Å². The van der Waals surface area contributed by atoms with E-state index in [1.807, 2.05) is 4.90 Å². The summed E-state index contributed by atoms with van der Waals surface area (Å²) in [5.74, 6) is 0.423. The van der Waals surface area contributed by atoms with Crippen LogP contribution in [-0.2, 0) is 9.84 Å². The summed E-state index contributed by atoms with van der Waals surface area (Å²) in [4.78, 5) is 1.89. The summed E-state index contributed by atoms with van der Waals surface area (Å²) < 4.78 is 22.9. The predicted octanol–water partition coefficient (Wildman–Crippen LogP) is 0.722. The van der Waals surface area contributed by atoms with E-state index in [1.165, 1.54) is 0 Å². The van der Waals surface area contributed by atoms with Crippen LogP contribution in [0.5, 0.6) is 0 Å². The van der Waals surface area contributed by atoms with E-state index in [9.17, 15) is 8.42 Å². The number of thiocarbonyl (C=S) groups is 1. The van der Waals surface area contributed by atoms with E-state index in [1.54, 1.807) is 12.2 Å². The molecular weight excluding hydrogens is 256 g/mol. The highest BCUT2D eigenvalue weighted by molar-refractivity contribution is 7.91. The number of sulfone groups is 1. The van der Waals surface area contributed by atoms with Crippen LogP contribution >= 0.6 is 12.2 Å². The number of nitrogens with one attached hydrogen (secondary N) is 1. The first-order valence-electron chi connectivity index (χ1n) is 5.47. The van der Waals surface area contributed by atoms with Crippen molar-refractivity contribution in [2.24, 2.45) is 0 Å². The zero-order valence-electron chi connectivity index (χ0n) is 9.76. The number of nitrogens with zero attached hydrogens (tertiary/aromatic N) is 1. The lowest BCUT2D eigenvalue weighted by molar-refractivity contribution is 0.361. The highest BCUT2D eigenvalue weighted by Crippen LogP contribution is 2.17. The van der Waals surface area contributed by atoms with Gasteiger partial charge in [0.2, 0.25) is 0 Å². The lowest BCUT2D eigenvalue weighted by Crippen LogP contribution is -2.46. The maximum Gasteiger partial charge on any atom is 0.169 e. The van der Waals surface area contributed by atoms with Gasteiger partial charge in [-0.25, -0.2) is 8.42 Å². The first-order chi connectivity index (χ1) is 8.00. The predicted molar refractivity (Wildman–Crippen MR) is 74.8 cm³/mol. The molecule has 0 spiro atoms. The molecule has 96 valence electrons. The van der Waals surface area contributed by atoms with E-state index in [0.29, 0.717) is 24.6 Å². The fourth-order valence-corrected chi connectivity index (χ4v) is 3.86. The van der Waals surface area contributed by atoms with Crippen molar-refractivity contribution in [3.05, 3.63) is 25.3 Å². The third-order valence-corrected chi connectivity index (χ3v) is 4.76. The minimum Gasteiger partial charge on any atom is -0.359 e. The van der Waals surface area contributed by atoms with Gasteiger partial charge in [0.05, 0.1) is 11.5 Å². The molecule has 1 atom stereocenters. The Labute approximate surface area is 108 Å². The first kappa shape index (κ1) is 14.2. The van der Waals surface area contributed by atoms with Crippen LogP contribution in [0.1, 0.15) is 6.42 Å². The Morgan fingerprint density at radius 2 is 2.18 bits per heavy atom. The molecule has 1 N–H and O–H groups in total. The topological polar surface area (TPSA) is 49.4 Å². The van der Waals surface area contributed by atoms with E-state index in [0.717, 1.165) is 0 Å². The van der Waals surface area contributed by atoms with Crippen molar-refractivity contribution in [3.63, 3.8) is 0 Å². The Kier molecular flexibility index (Phi) is 5.14. The minimum absolute atomic E-state index is 0.0391. The SMILES string of the molecule is C=CCNC(=S)N(CC=C)[C@@H]1CCS(=O)(=O)C1. The smallest absolute Gasteiger partial charge is 0.169 e. The van der Waals surface area contributed by atoms with Crippen LogP contribution in [-0.4, -0.2) is 49.1 Å². The maximum absolute atomic E-state index is 11.5. The maximum atomic E-state index is 11.5. The van der Waals surface area contributed by atoms with Gasteiger partial charge in [0.15, 0.2) is 14.9 Å². The van der Waals surface area contributed by atoms with Crippen LogP contribution < -0.4 is 5.32 Å². The van der Waals surface area contributed by atoms with Crippen molar-refractivity contribution < 1.29 is 8.42 Å². The Balaban J connectivity index is 2.68. The molecule has 4 nitrogen and oxygen atoms in total. The van der Waals surface area contributed by atoms with Crippen LogP contribution in [0.3, 0.4) is 0 Å². The molecule has 1 fully saturated rings. The van der Waals surface area contributed by atoms with Gasteiger partial charge in [-0.2, -0.15) is 0 Å². The Morgan fingerprint density at radius 3 is 2.65 bits per heavy atom. The molecule has 0 aromatic heterocycles. The van der Waals surface area contributed by atoms with Crippen molar-refractivity contribution >= 4 is 27.2 Å². The van der Waals surface area contributed by atoms with Gasteiger partial charge in [0.1, 0.15) is 0 Å². The van der Waals surface area contributed by atoms with Crippen LogP contribution in [0.15, 0.2) is 25.3 Å². The van der Waals surface area contributed by atoms with Crippen LogP contribution in [0, 0.1) is 0 Å². The molecule has 0 saturated carbocycles. The minimum atomic E-state index is -2.90. The van der Waals surface area contributed by atoms with E-state index in [-0.39, 0.29) is 17.5 Å². The summed E-state index contributed by atoms with van der Waals surface area (Å²) in [6.07, 6.45) is 4.07. The molecule has 0 amide bonds. The zero-order valence-corrected chi connectivity index (χ0v) is 11.4. The lowest BCUT2D eigenvalue weighted by atomic mass is 10.2. The van der Waals surface area contributed by atoms with Crippen molar-refractivity contribution in [2.45, 2.75) is 12.5 Å². The molecule has 0 aromatic rings. The number of rotatable bonds is 5. The van der Waals surface area contributed by atoms with Crippen LogP contribution in [0.4, 0.5) is 0 Å². The van der Waals surface area contributed by atoms with E-state index < -0.39 is 9.84 Å². The molecule has 0 bridgehead atoms. The molecule has 1 heterocycles. The molecule has 6 heteroatoms. The molecule has 17 heavy (non-hydrogen) atoms. The second-order valence-electron chi connectivity index (χ2n) is 3.97. The third kappa shape index (κ3) is 4.12. The molecular formula is C11H18N2O2S2. The third-order valence-electron chi connectivity index (χ3n) is 2.63. The molecule has 0 aromatic carbocycles. The summed E-state index contributed by atoms with van der Waals surface area (Å²) in [5, 5.41) is 3.58. The Morgan fingerprint density at radius 1 is 1.47 bits per heavy atom. The average Bonchev–Trinajstić information content (AvgIpc) is 2.63. The standard InChI is InChI=1S/C11H18N2O2S2/c1-3-6-12-11(16)13(7-4-2)10-5-8-17(14,15)9-10/h3-4,10H,1-2,5-9H2,(H,12,16)/t10-/m1/s1. The second kappa shape index (κ2) is 6.16. The highest BCUT2D eigenvalue weighted by atomic mass is 32.2. The fraction of sp³-hybridized carbons (Fsp3) is 0.545. The first-order valence-corrected chi connectivity index (χ1v) is 7.70. The molecule has 1 aliphatic rings. The molecule has 0 aliphatic carbocycles. The summed E-state index contributed by atoms with van der Waals surface area (Å²) in [6.45, 7) is 8.41. The summed E-state index contributed by atoms with van der Waals surface area (Å²) in [5.41, 5.74) is 0. The Bertz CT molecular complexity index is 404. The second-order valence-corrected chi connectivity index (χ2v) is 6.59. The molecule has 1 aliphatic heterocycles. The van der Waals surface area contributed by atoms with Crippen LogP contribution in [0.25, 0.3) is 0 Å². The van der Waals surface area contributed by atoms with Gasteiger partial charge in [-0.15, -0.1) is 13.2 Å². The van der Waals surface area contributed by atoms with Crippen molar-refractivity contribution in [3.8, 4) is 0 Å². The highest BCUT2D eigenvalue weighted by Gasteiger charge is 2.32. The number of hydrogen-bond donors (Lipinski definition) is 1. The molecule has 0 radical (unpaired) electrons. The van der Waals surface area contributed by atoms with Gasteiger partial charge in [-0.3, -0.25) is 0 Å². The van der Waals surface area contributed by atoms with Crippen molar-refractivity contribution in [1.82, 2.24) is 10.2 Å². The van der Waals surface area contributed by atoms with E-state index in [4.69, 9.17) is 12.2 Å². The average molecular weight is 274 g/mol. The summed E-state index contributed by atoms with van der Waals surface area (Å²) in [7, 11) is -2.90. The van der Waals surface area contributed by atoms with E-state index >= 15 is 0 Å². The van der Waals surface area contributed by atoms with Crippen molar-refractivity contribution in [2.75, 3.05) is 24.6 Å². The van der Waals surface area contributed by atoms with Gasteiger partial charge in [-0.05, 0) is 18.6 Å². The molecule has 1 rings (SSSR count). The largest absolute Gasteiger partial charge is 0.359 e.